The third-order valence-corrected chi connectivity index (χ3v) is 6.61. The summed E-state index contributed by atoms with van der Waals surface area (Å²) in [6, 6.07) is 13.8. The molecule has 2 aromatic carbocycles. The number of ether oxygens (including phenoxy) is 1. The van der Waals surface area contributed by atoms with Gasteiger partial charge in [0.25, 0.3) is 5.91 Å². The van der Waals surface area contributed by atoms with E-state index < -0.39 is 10.0 Å². The molecule has 3 rings (SSSR count). The summed E-state index contributed by atoms with van der Waals surface area (Å²) >= 11 is 0. The van der Waals surface area contributed by atoms with Crippen LogP contribution >= 0.6 is 0 Å². The van der Waals surface area contributed by atoms with E-state index in [9.17, 15) is 13.2 Å². The number of amides is 1. The summed E-state index contributed by atoms with van der Waals surface area (Å²) < 4.78 is 32.6. The maximum atomic E-state index is 12.8. The van der Waals surface area contributed by atoms with Crippen LogP contribution in [0, 0.1) is 0 Å². The minimum Gasteiger partial charge on any atom is -0.494 e. The summed E-state index contributed by atoms with van der Waals surface area (Å²) in [4.78, 5) is 12.7. The number of sulfonamides is 1. The molecule has 0 unspecified atom stereocenters. The van der Waals surface area contributed by atoms with Gasteiger partial charge in [-0.3, -0.25) is 4.79 Å². The van der Waals surface area contributed by atoms with Crippen molar-refractivity contribution in [2.24, 2.45) is 0 Å². The summed E-state index contributed by atoms with van der Waals surface area (Å²) in [5.41, 5.74) is 1.25. The predicted molar refractivity (Wildman–Crippen MR) is 108 cm³/mol. The molecule has 28 heavy (non-hydrogen) atoms. The second-order valence-electron chi connectivity index (χ2n) is 6.76. The first kappa shape index (κ1) is 20.4. The molecule has 1 aliphatic heterocycles. The smallest absolute Gasteiger partial charge is 0.251 e. The Morgan fingerprint density at radius 1 is 1.07 bits per heavy atom. The Morgan fingerprint density at radius 2 is 1.82 bits per heavy atom. The number of hydrogen-bond donors (Lipinski definition) is 1. The number of nitrogens with zero attached hydrogens (tertiary/aromatic N) is 1. The molecule has 0 radical (unpaired) electrons. The van der Waals surface area contributed by atoms with Gasteiger partial charge in [0.1, 0.15) is 5.75 Å². The molecule has 1 heterocycles. The van der Waals surface area contributed by atoms with Gasteiger partial charge < -0.3 is 10.1 Å². The topological polar surface area (TPSA) is 75.7 Å². The Morgan fingerprint density at radius 3 is 2.57 bits per heavy atom. The van der Waals surface area contributed by atoms with Crippen LogP contribution < -0.4 is 10.1 Å². The monoisotopic (exact) mass is 402 g/mol. The molecule has 1 saturated heterocycles. The largest absolute Gasteiger partial charge is 0.494 e. The normalized spacial score (nSPS) is 15.2. The molecule has 150 valence electrons. The average molecular weight is 403 g/mol. The summed E-state index contributed by atoms with van der Waals surface area (Å²) in [5.74, 6) is 0.446. The van der Waals surface area contributed by atoms with Crippen LogP contribution in [0.25, 0.3) is 0 Å². The Kier molecular flexibility index (Phi) is 6.70. The minimum absolute atomic E-state index is 0.167. The van der Waals surface area contributed by atoms with Crippen LogP contribution in [0.1, 0.15) is 42.1 Å². The van der Waals surface area contributed by atoms with Crippen molar-refractivity contribution in [3.63, 3.8) is 0 Å². The molecule has 0 aromatic heterocycles. The number of hydrogen-bond acceptors (Lipinski definition) is 4. The molecule has 1 aliphatic rings. The number of piperidine rings is 1. The van der Waals surface area contributed by atoms with E-state index in [0.717, 1.165) is 30.6 Å². The van der Waals surface area contributed by atoms with E-state index in [4.69, 9.17) is 4.74 Å². The van der Waals surface area contributed by atoms with Crippen molar-refractivity contribution in [2.45, 2.75) is 37.6 Å². The van der Waals surface area contributed by atoms with Crippen molar-refractivity contribution < 1.29 is 17.9 Å². The van der Waals surface area contributed by atoms with Gasteiger partial charge >= 0.3 is 0 Å². The highest BCUT2D eigenvalue weighted by Crippen LogP contribution is 2.21. The second kappa shape index (κ2) is 9.21. The lowest BCUT2D eigenvalue weighted by molar-refractivity contribution is 0.0950. The highest BCUT2D eigenvalue weighted by atomic mass is 32.2. The van der Waals surface area contributed by atoms with Gasteiger partial charge in [0.05, 0.1) is 11.5 Å². The summed E-state index contributed by atoms with van der Waals surface area (Å²) in [5, 5.41) is 2.84. The molecule has 0 aliphatic carbocycles. The van der Waals surface area contributed by atoms with Crippen molar-refractivity contribution in [1.82, 2.24) is 9.62 Å². The first-order valence-corrected chi connectivity index (χ1v) is 11.0. The van der Waals surface area contributed by atoms with E-state index in [-0.39, 0.29) is 10.8 Å². The first-order valence-electron chi connectivity index (χ1n) is 9.61. The number of rotatable bonds is 7. The van der Waals surface area contributed by atoms with Crippen molar-refractivity contribution >= 4 is 15.9 Å². The van der Waals surface area contributed by atoms with E-state index in [1.165, 1.54) is 10.4 Å². The van der Waals surface area contributed by atoms with Gasteiger partial charge in [0.2, 0.25) is 10.0 Å². The molecule has 7 heteroatoms. The van der Waals surface area contributed by atoms with Crippen LogP contribution in [-0.2, 0) is 16.6 Å². The van der Waals surface area contributed by atoms with Crippen molar-refractivity contribution in [1.29, 1.82) is 0 Å². The van der Waals surface area contributed by atoms with Crippen LogP contribution in [0.15, 0.2) is 53.4 Å². The number of nitrogens with one attached hydrogen (secondary N) is 1. The summed E-state index contributed by atoms with van der Waals surface area (Å²) in [6.45, 7) is 3.90. The maximum Gasteiger partial charge on any atom is 0.251 e. The Labute approximate surface area is 166 Å². The first-order chi connectivity index (χ1) is 13.5. The standard InChI is InChI=1S/C21H26N2O4S/c1-2-27-19-10-6-8-17(14-19)16-22-21(24)18-9-7-11-20(15-18)28(25,26)23-12-4-3-5-13-23/h6-11,14-15H,2-5,12-13,16H2,1H3,(H,22,24). The van der Waals surface area contributed by atoms with Gasteiger partial charge in [-0.15, -0.1) is 0 Å². The van der Waals surface area contributed by atoms with Gasteiger partial charge in [-0.1, -0.05) is 24.6 Å². The third-order valence-electron chi connectivity index (χ3n) is 4.71. The molecule has 1 N–H and O–H groups in total. The minimum atomic E-state index is -3.56. The highest BCUT2D eigenvalue weighted by Gasteiger charge is 2.26. The van der Waals surface area contributed by atoms with E-state index in [1.54, 1.807) is 18.2 Å². The predicted octanol–water partition coefficient (Wildman–Crippen LogP) is 3.19. The van der Waals surface area contributed by atoms with Crippen LogP contribution in [0.3, 0.4) is 0 Å². The lowest BCUT2D eigenvalue weighted by Crippen LogP contribution is -2.35. The van der Waals surface area contributed by atoms with E-state index in [1.807, 2.05) is 31.2 Å². The molecule has 0 atom stereocenters. The molecule has 0 saturated carbocycles. The summed E-state index contributed by atoms with van der Waals surface area (Å²) in [7, 11) is -3.56. The van der Waals surface area contributed by atoms with Crippen LogP contribution in [0.4, 0.5) is 0 Å². The molecular formula is C21H26N2O4S. The van der Waals surface area contributed by atoms with E-state index >= 15 is 0 Å². The number of benzene rings is 2. The molecule has 1 amide bonds. The van der Waals surface area contributed by atoms with Crippen LogP contribution in [0.5, 0.6) is 5.75 Å². The molecule has 6 nitrogen and oxygen atoms in total. The molecule has 0 bridgehead atoms. The lowest BCUT2D eigenvalue weighted by atomic mass is 10.2. The van der Waals surface area contributed by atoms with Gasteiger partial charge in [-0.05, 0) is 55.7 Å². The second-order valence-corrected chi connectivity index (χ2v) is 8.69. The zero-order valence-electron chi connectivity index (χ0n) is 16.1. The Hall–Kier alpha value is -2.38. The quantitative estimate of drug-likeness (QED) is 0.772. The number of carbonyl (C=O) groups is 1. The lowest BCUT2D eigenvalue weighted by Gasteiger charge is -2.26. The fourth-order valence-electron chi connectivity index (χ4n) is 3.25. The molecule has 2 aromatic rings. The van der Waals surface area contributed by atoms with Gasteiger partial charge in [-0.25, -0.2) is 8.42 Å². The fourth-order valence-corrected chi connectivity index (χ4v) is 4.81. The van der Waals surface area contributed by atoms with Gasteiger partial charge in [0.15, 0.2) is 0 Å². The Balaban J connectivity index is 1.69. The van der Waals surface area contributed by atoms with E-state index in [2.05, 4.69) is 5.32 Å². The van der Waals surface area contributed by atoms with Gasteiger partial charge in [-0.2, -0.15) is 4.31 Å². The third kappa shape index (κ3) is 4.91. The van der Waals surface area contributed by atoms with Crippen molar-refractivity contribution in [3.8, 4) is 5.75 Å². The average Bonchev–Trinajstić information content (AvgIpc) is 2.73. The molecule has 1 fully saturated rings. The molecule has 0 spiro atoms. The van der Waals surface area contributed by atoms with Crippen LogP contribution in [-0.4, -0.2) is 38.3 Å². The van der Waals surface area contributed by atoms with E-state index in [0.29, 0.717) is 31.8 Å². The van der Waals surface area contributed by atoms with Crippen molar-refractivity contribution in [3.05, 3.63) is 59.7 Å². The molecular weight excluding hydrogens is 376 g/mol. The number of carbonyl (C=O) groups excluding carboxylic acids is 1. The summed E-state index contributed by atoms with van der Waals surface area (Å²) in [6.07, 6.45) is 2.80. The zero-order chi connectivity index (χ0) is 20.0. The van der Waals surface area contributed by atoms with Crippen LogP contribution in [0.2, 0.25) is 0 Å². The fraction of sp³-hybridized carbons (Fsp3) is 0.381. The van der Waals surface area contributed by atoms with Crippen molar-refractivity contribution in [2.75, 3.05) is 19.7 Å². The highest BCUT2D eigenvalue weighted by molar-refractivity contribution is 7.89. The maximum absolute atomic E-state index is 12.8. The zero-order valence-corrected chi connectivity index (χ0v) is 16.9. The van der Waals surface area contributed by atoms with Gasteiger partial charge in [0, 0.05) is 25.2 Å². The Bertz CT molecular complexity index is 922. The SMILES string of the molecule is CCOc1cccc(CNC(=O)c2cccc(S(=O)(=O)N3CCCCC3)c2)c1.